The average molecular weight is 229 g/mol. The van der Waals surface area contributed by atoms with E-state index < -0.39 is 0 Å². The van der Waals surface area contributed by atoms with Crippen LogP contribution in [-0.2, 0) is 4.79 Å². The van der Waals surface area contributed by atoms with Crippen LogP contribution in [0.5, 0.6) is 0 Å². The molecule has 0 heterocycles. The van der Waals surface area contributed by atoms with Gasteiger partial charge in [-0.15, -0.1) is 0 Å². The topological polar surface area (TPSA) is 79.0 Å². The molecule has 0 fully saturated rings. The van der Waals surface area contributed by atoms with E-state index in [4.69, 9.17) is 11.1 Å². The molecule has 0 aliphatic carbocycles. The van der Waals surface area contributed by atoms with Crippen molar-refractivity contribution < 1.29 is 4.79 Å². The van der Waals surface area contributed by atoms with Crippen molar-refractivity contribution in [1.29, 1.82) is 5.41 Å². The maximum atomic E-state index is 11.7. The summed E-state index contributed by atoms with van der Waals surface area (Å²) in [5, 5.41) is 9.96. The molecule has 4 nitrogen and oxygen atoms in total. The van der Waals surface area contributed by atoms with Crippen LogP contribution < -0.4 is 11.1 Å². The Morgan fingerprint density at radius 2 is 2.00 bits per heavy atom. The summed E-state index contributed by atoms with van der Waals surface area (Å²) in [6, 6.07) is 6.76. The lowest BCUT2D eigenvalue weighted by Gasteiger charge is -2.06. The van der Waals surface area contributed by atoms with Gasteiger partial charge in [0, 0.05) is 16.8 Å². The van der Waals surface area contributed by atoms with Gasteiger partial charge in [-0.2, -0.15) is 0 Å². The number of allylic oxidation sites excluding steroid dienone is 1. The molecule has 1 aromatic carbocycles. The Hall–Kier alpha value is -2.36. The zero-order valence-corrected chi connectivity index (χ0v) is 9.66. The highest BCUT2D eigenvalue weighted by Crippen LogP contribution is 2.10. The van der Waals surface area contributed by atoms with Crippen molar-refractivity contribution in [1.82, 2.24) is 0 Å². The molecule has 0 spiro atoms. The van der Waals surface area contributed by atoms with Gasteiger partial charge in [-0.3, -0.25) is 10.2 Å². The first-order valence-electron chi connectivity index (χ1n) is 5.13. The summed E-state index contributed by atoms with van der Waals surface area (Å²) in [5.74, 6) is -0.207. The fourth-order valence-electron chi connectivity index (χ4n) is 1.28. The number of hydrogen-bond donors (Lipinski definition) is 3. The minimum absolute atomic E-state index is 0.00288. The Morgan fingerprint density at radius 1 is 1.41 bits per heavy atom. The molecule has 0 unspecified atom stereocenters. The highest BCUT2D eigenvalue weighted by atomic mass is 16.1. The van der Waals surface area contributed by atoms with Crippen molar-refractivity contribution in [2.75, 3.05) is 5.32 Å². The van der Waals surface area contributed by atoms with Crippen LogP contribution in [-0.4, -0.2) is 11.7 Å². The lowest BCUT2D eigenvalue weighted by atomic mass is 10.2. The number of nitrogens with one attached hydrogen (secondary N) is 2. The molecule has 1 rings (SSSR count). The van der Waals surface area contributed by atoms with E-state index in [1.165, 1.54) is 6.08 Å². The van der Waals surface area contributed by atoms with Crippen LogP contribution in [0.2, 0.25) is 0 Å². The predicted molar refractivity (Wildman–Crippen MR) is 70.0 cm³/mol. The van der Waals surface area contributed by atoms with Crippen molar-refractivity contribution >= 4 is 17.4 Å². The van der Waals surface area contributed by atoms with E-state index >= 15 is 0 Å². The molecular weight excluding hydrogens is 214 g/mol. The third kappa shape index (κ3) is 3.31. The Bertz CT molecular complexity index is 472. The number of rotatable bonds is 4. The first-order chi connectivity index (χ1) is 8.08. The fraction of sp³-hybridized carbons (Fsp3) is 0.0769. The van der Waals surface area contributed by atoms with Crippen LogP contribution >= 0.6 is 0 Å². The van der Waals surface area contributed by atoms with Crippen molar-refractivity contribution in [3.8, 4) is 0 Å². The number of hydrogen-bond acceptors (Lipinski definition) is 2. The SMILES string of the molecule is C=C/C(=C\C)C(=O)Nc1ccc(C(=N)N)cc1. The van der Waals surface area contributed by atoms with Gasteiger partial charge >= 0.3 is 0 Å². The maximum absolute atomic E-state index is 11.7. The summed E-state index contributed by atoms with van der Waals surface area (Å²) in [6.07, 6.45) is 3.19. The molecule has 0 saturated carbocycles. The smallest absolute Gasteiger partial charge is 0.255 e. The Morgan fingerprint density at radius 3 is 2.41 bits per heavy atom. The summed E-state index contributed by atoms with van der Waals surface area (Å²) in [7, 11) is 0. The molecule has 4 N–H and O–H groups in total. The zero-order chi connectivity index (χ0) is 12.8. The molecule has 88 valence electrons. The Balaban J connectivity index is 2.79. The maximum Gasteiger partial charge on any atom is 0.255 e. The summed E-state index contributed by atoms with van der Waals surface area (Å²) >= 11 is 0. The van der Waals surface area contributed by atoms with Gasteiger partial charge in [0.2, 0.25) is 0 Å². The second kappa shape index (κ2) is 5.65. The van der Waals surface area contributed by atoms with Gasteiger partial charge in [-0.25, -0.2) is 0 Å². The normalized spacial score (nSPS) is 10.8. The lowest BCUT2D eigenvalue weighted by Crippen LogP contribution is -2.14. The molecule has 17 heavy (non-hydrogen) atoms. The van der Waals surface area contributed by atoms with Gasteiger partial charge in [0.05, 0.1) is 0 Å². The Kier molecular flexibility index (Phi) is 4.22. The first-order valence-corrected chi connectivity index (χ1v) is 5.13. The van der Waals surface area contributed by atoms with Gasteiger partial charge in [0.25, 0.3) is 5.91 Å². The summed E-state index contributed by atoms with van der Waals surface area (Å²) in [6.45, 7) is 5.33. The number of nitrogen functional groups attached to an aromatic ring is 1. The summed E-state index contributed by atoms with van der Waals surface area (Å²) < 4.78 is 0. The largest absolute Gasteiger partial charge is 0.384 e. The molecule has 0 saturated heterocycles. The fourth-order valence-corrected chi connectivity index (χ4v) is 1.28. The van der Waals surface area contributed by atoms with Crippen molar-refractivity contribution in [2.24, 2.45) is 5.73 Å². The van der Waals surface area contributed by atoms with Crippen LogP contribution in [0, 0.1) is 5.41 Å². The number of carbonyl (C=O) groups excluding carboxylic acids is 1. The van der Waals surface area contributed by atoms with Gasteiger partial charge in [0.15, 0.2) is 0 Å². The minimum atomic E-state index is -0.210. The second-order valence-electron chi connectivity index (χ2n) is 3.39. The molecule has 0 aliphatic rings. The summed E-state index contributed by atoms with van der Waals surface area (Å²) in [4.78, 5) is 11.7. The molecule has 0 atom stereocenters. The molecule has 0 bridgehead atoms. The van der Waals surface area contributed by atoms with Gasteiger partial charge in [0.1, 0.15) is 5.84 Å². The minimum Gasteiger partial charge on any atom is -0.384 e. The van der Waals surface area contributed by atoms with Crippen molar-refractivity contribution in [3.05, 3.63) is 54.1 Å². The third-order valence-electron chi connectivity index (χ3n) is 2.25. The molecule has 0 aromatic heterocycles. The average Bonchev–Trinajstić information content (AvgIpc) is 2.31. The van der Waals surface area contributed by atoms with Crippen LogP contribution in [0.3, 0.4) is 0 Å². The van der Waals surface area contributed by atoms with E-state index in [1.54, 1.807) is 37.3 Å². The van der Waals surface area contributed by atoms with Gasteiger partial charge < -0.3 is 11.1 Å². The predicted octanol–water partition coefficient (Wildman–Crippen LogP) is 2.04. The third-order valence-corrected chi connectivity index (χ3v) is 2.25. The van der Waals surface area contributed by atoms with E-state index in [0.717, 1.165) is 0 Å². The second-order valence-corrected chi connectivity index (χ2v) is 3.39. The van der Waals surface area contributed by atoms with Crippen molar-refractivity contribution in [2.45, 2.75) is 6.92 Å². The standard InChI is InChI=1S/C13H15N3O/c1-3-9(4-2)13(17)16-11-7-5-10(6-8-11)12(14)15/h3-8H,1H2,2H3,(H3,14,15)(H,16,17)/b9-4+. The van der Waals surface area contributed by atoms with E-state index in [0.29, 0.717) is 16.8 Å². The van der Waals surface area contributed by atoms with E-state index in [-0.39, 0.29) is 11.7 Å². The summed E-state index contributed by atoms with van der Waals surface area (Å²) in [5.41, 5.74) is 7.12. The number of carbonyl (C=O) groups is 1. The number of amides is 1. The molecule has 0 aliphatic heterocycles. The van der Waals surface area contributed by atoms with E-state index in [2.05, 4.69) is 11.9 Å². The van der Waals surface area contributed by atoms with Crippen LogP contribution in [0.15, 0.2) is 48.6 Å². The van der Waals surface area contributed by atoms with E-state index in [9.17, 15) is 4.79 Å². The quantitative estimate of drug-likeness (QED) is 0.320. The van der Waals surface area contributed by atoms with Crippen molar-refractivity contribution in [3.63, 3.8) is 0 Å². The molecule has 1 amide bonds. The van der Waals surface area contributed by atoms with Crippen LogP contribution in [0.1, 0.15) is 12.5 Å². The van der Waals surface area contributed by atoms with Gasteiger partial charge in [-0.05, 0) is 31.2 Å². The molecular formula is C13H15N3O. The van der Waals surface area contributed by atoms with Gasteiger partial charge in [-0.1, -0.05) is 18.7 Å². The number of amidine groups is 1. The first kappa shape index (κ1) is 12.7. The Labute approximate surface area is 100 Å². The van der Waals surface area contributed by atoms with Crippen LogP contribution in [0.4, 0.5) is 5.69 Å². The molecule has 4 heteroatoms. The highest BCUT2D eigenvalue weighted by molar-refractivity contribution is 6.05. The number of benzene rings is 1. The van der Waals surface area contributed by atoms with Crippen LogP contribution in [0.25, 0.3) is 0 Å². The van der Waals surface area contributed by atoms with E-state index in [1.807, 2.05) is 0 Å². The number of nitrogens with two attached hydrogens (primary N) is 1. The highest BCUT2D eigenvalue weighted by Gasteiger charge is 2.05. The molecule has 0 radical (unpaired) electrons. The monoisotopic (exact) mass is 229 g/mol. The molecule has 1 aromatic rings. The number of anilines is 1. The lowest BCUT2D eigenvalue weighted by molar-refractivity contribution is -0.112. The zero-order valence-electron chi connectivity index (χ0n) is 9.66.